The Kier molecular flexibility index (Phi) is 3.83. The second-order valence-corrected chi connectivity index (χ2v) is 7.05. The zero-order valence-electron chi connectivity index (χ0n) is 26.7. The molecular weight excluding hydrogens is 382 g/mol. The number of thiazole rings is 1. The molecule has 0 aliphatic heterocycles. The number of carbonyl (C=O) groups is 1. The number of nitrogens with one attached hydrogen (secondary N) is 1. The number of nitrogens with zero attached hydrogens (tertiary/aromatic N) is 1. The molecule has 0 saturated heterocycles. The molecule has 0 unspecified atom stereocenters. The van der Waals surface area contributed by atoms with E-state index >= 15 is 0 Å². The maximum absolute atomic E-state index is 12.6. The molecule has 0 aliphatic carbocycles. The zero-order valence-corrected chi connectivity index (χ0v) is 16.5. The molecular formula is C23H27N3O2S. The Labute approximate surface area is 191 Å². The summed E-state index contributed by atoms with van der Waals surface area (Å²) in [5.41, 5.74) is 4.41. The summed E-state index contributed by atoms with van der Waals surface area (Å²) in [5.74, 6) is -1.24. The molecule has 0 radical (unpaired) electrons. The minimum atomic E-state index is -2.65. The second kappa shape index (κ2) is 10.2. The Bertz CT molecular complexity index is 1420. The molecule has 2 aromatic carbocycles. The molecule has 1 amide bonds. The predicted octanol–water partition coefficient (Wildman–Crippen LogP) is 4.66. The van der Waals surface area contributed by atoms with Gasteiger partial charge in [0.1, 0.15) is 0 Å². The third-order valence-electron chi connectivity index (χ3n) is 3.81. The molecule has 1 atom stereocenters. The number of aliphatic hydroxyl groups is 1. The van der Waals surface area contributed by atoms with Crippen molar-refractivity contribution < 1.29 is 25.0 Å². The van der Waals surface area contributed by atoms with Crippen LogP contribution >= 0.6 is 11.3 Å². The van der Waals surface area contributed by atoms with E-state index in [1.165, 1.54) is 12.3 Å². The number of carbonyl (C=O) groups excluding carboxylic acids is 1. The van der Waals surface area contributed by atoms with Crippen LogP contribution < -0.4 is 11.1 Å². The minimum Gasteiger partial charge on any atom is -0.388 e. The average Bonchev–Trinajstić information content (AvgIpc) is 3.34. The van der Waals surface area contributed by atoms with Gasteiger partial charge in [-0.05, 0) is 49.4 Å². The lowest BCUT2D eigenvalue weighted by Gasteiger charge is -2.11. The molecule has 1 heterocycles. The standard InChI is InChI=1S/C23H27N3O2S/c1-16-6-10-18(11-7-16)21(27)5-3-2-4-17-8-12-19(13-9-17)25-22(28)14-20-15-29-23(24)26-20/h6-13,15,21,27H,2-5,14H2,1H3,(H2,24,26)(H,25,28)/t21-/m0/s1/i6D,7D,8D,9D,10D,11D,12D,13D,14D2,21D. The van der Waals surface area contributed by atoms with E-state index < -0.39 is 65.9 Å². The summed E-state index contributed by atoms with van der Waals surface area (Å²) in [7, 11) is 0. The summed E-state index contributed by atoms with van der Waals surface area (Å²) in [6.45, 7) is 1.41. The fourth-order valence-electron chi connectivity index (χ4n) is 2.37. The van der Waals surface area contributed by atoms with E-state index in [9.17, 15) is 9.90 Å². The molecule has 0 spiro atoms. The van der Waals surface area contributed by atoms with Gasteiger partial charge in [-0.25, -0.2) is 4.98 Å². The number of anilines is 2. The van der Waals surface area contributed by atoms with Crippen LogP contribution in [0.3, 0.4) is 0 Å². The van der Waals surface area contributed by atoms with Crippen molar-refractivity contribution >= 4 is 28.1 Å². The first-order valence-corrected chi connectivity index (χ1v) is 9.73. The first-order valence-electron chi connectivity index (χ1n) is 14.3. The Morgan fingerprint density at radius 3 is 2.66 bits per heavy atom. The van der Waals surface area contributed by atoms with Crippen LogP contribution in [0.1, 0.15) is 62.8 Å². The normalized spacial score (nSPS) is 18.9. The highest BCUT2D eigenvalue weighted by Crippen LogP contribution is 2.21. The van der Waals surface area contributed by atoms with Crippen LogP contribution in [0.4, 0.5) is 10.8 Å². The lowest BCUT2D eigenvalue weighted by molar-refractivity contribution is -0.115. The van der Waals surface area contributed by atoms with E-state index in [2.05, 4.69) is 10.3 Å². The van der Waals surface area contributed by atoms with Gasteiger partial charge < -0.3 is 16.2 Å². The number of amides is 1. The fraction of sp³-hybridized carbons (Fsp3) is 0.304. The van der Waals surface area contributed by atoms with Gasteiger partial charge in [-0.3, -0.25) is 4.79 Å². The first kappa shape index (κ1) is 10.9. The van der Waals surface area contributed by atoms with Crippen molar-refractivity contribution in [1.82, 2.24) is 4.98 Å². The Balaban J connectivity index is 1.77. The Morgan fingerprint density at radius 2 is 2.00 bits per heavy atom. The highest BCUT2D eigenvalue weighted by Gasteiger charge is 2.08. The maximum atomic E-state index is 12.6. The number of hydrogen-bond donors (Lipinski definition) is 3. The Hall–Kier alpha value is -2.70. The highest BCUT2D eigenvalue weighted by molar-refractivity contribution is 7.13. The predicted molar refractivity (Wildman–Crippen MR) is 119 cm³/mol. The van der Waals surface area contributed by atoms with Gasteiger partial charge in [0, 0.05) is 13.8 Å². The van der Waals surface area contributed by atoms with Gasteiger partial charge >= 0.3 is 0 Å². The molecule has 0 saturated carbocycles. The molecule has 0 aliphatic rings. The van der Waals surface area contributed by atoms with Crippen LogP contribution in [0.25, 0.3) is 0 Å². The van der Waals surface area contributed by atoms with E-state index in [1.807, 2.05) is 0 Å². The van der Waals surface area contributed by atoms with Crippen molar-refractivity contribution in [2.75, 3.05) is 11.1 Å². The highest BCUT2D eigenvalue weighted by atomic mass is 32.1. The van der Waals surface area contributed by atoms with Crippen molar-refractivity contribution in [3.05, 3.63) is 76.1 Å². The number of rotatable bonds is 9. The van der Waals surface area contributed by atoms with Gasteiger partial charge in [0.2, 0.25) is 5.91 Å². The van der Waals surface area contributed by atoms with Crippen molar-refractivity contribution in [1.29, 1.82) is 0 Å². The summed E-state index contributed by atoms with van der Waals surface area (Å²) in [5, 5.41) is 14.1. The van der Waals surface area contributed by atoms with Gasteiger partial charge in [0.15, 0.2) is 5.13 Å². The molecule has 152 valence electrons. The van der Waals surface area contributed by atoms with Crippen molar-refractivity contribution in [3.8, 4) is 0 Å². The van der Waals surface area contributed by atoms with Gasteiger partial charge in [-0.1, -0.05) is 48.2 Å². The van der Waals surface area contributed by atoms with Crippen LogP contribution in [-0.4, -0.2) is 16.0 Å². The number of unbranched alkanes of at least 4 members (excludes halogenated alkanes) is 1. The van der Waals surface area contributed by atoms with Crippen LogP contribution in [0.2, 0.25) is 0 Å². The largest absolute Gasteiger partial charge is 0.388 e. The fourth-order valence-corrected chi connectivity index (χ4v) is 2.87. The van der Waals surface area contributed by atoms with Gasteiger partial charge in [0.05, 0.1) is 30.5 Å². The molecule has 29 heavy (non-hydrogen) atoms. The quantitative estimate of drug-likeness (QED) is 0.439. The molecule has 6 heteroatoms. The van der Waals surface area contributed by atoms with Gasteiger partial charge in [0.25, 0.3) is 0 Å². The summed E-state index contributed by atoms with van der Waals surface area (Å²) >= 11 is 0.931. The summed E-state index contributed by atoms with van der Waals surface area (Å²) in [4.78, 5) is 16.4. The number of aromatic nitrogens is 1. The smallest absolute Gasteiger partial charge is 0.230 e. The zero-order chi connectivity index (χ0) is 30.3. The summed E-state index contributed by atoms with van der Waals surface area (Å²) in [6.07, 6.45) is -5.06. The van der Waals surface area contributed by atoms with Crippen LogP contribution in [-0.2, 0) is 17.6 Å². The maximum Gasteiger partial charge on any atom is 0.230 e. The van der Waals surface area contributed by atoms with E-state index in [0.29, 0.717) is 0 Å². The van der Waals surface area contributed by atoms with E-state index in [0.717, 1.165) is 11.3 Å². The van der Waals surface area contributed by atoms with E-state index in [-0.39, 0.29) is 59.7 Å². The number of nitrogens with two attached hydrogens (primary N) is 1. The van der Waals surface area contributed by atoms with Crippen molar-refractivity contribution in [2.24, 2.45) is 0 Å². The monoisotopic (exact) mass is 420 g/mol. The molecule has 1 aromatic heterocycles. The van der Waals surface area contributed by atoms with Crippen LogP contribution in [0.5, 0.6) is 0 Å². The van der Waals surface area contributed by atoms with Crippen molar-refractivity contribution in [3.63, 3.8) is 0 Å². The van der Waals surface area contributed by atoms with Crippen LogP contribution in [0, 0.1) is 6.92 Å². The molecule has 0 bridgehead atoms. The topological polar surface area (TPSA) is 88.2 Å². The number of hydrogen-bond acceptors (Lipinski definition) is 5. The molecule has 4 N–H and O–H groups in total. The number of benzene rings is 2. The first-order chi connectivity index (χ1) is 18.4. The molecule has 5 nitrogen and oxygen atoms in total. The molecule has 0 fully saturated rings. The Morgan fingerprint density at radius 1 is 1.28 bits per heavy atom. The third-order valence-corrected chi connectivity index (χ3v) is 4.48. The van der Waals surface area contributed by atoms with E-state index in [1.54, 1.807) is 0 Å². The van der Waals surface area contributed by atoms with Gasteiger partial charge in [-0.2, -0.15) is 0 Å². The van der Waals surface area contributed by atoms with E-state index in [4.69, 9.17) is 20.8 Å². The molecule has 3 rings (SSSR count). The third kappa shape index (κ3) is 6.69. The summed E-state index contributed by atoms with van der Waals surface area (Å²) in [6, 6.07) is -3.77. The summed E-state index contributed by atoms with van der Waals surface area (Å²) < 4.78 is 89.6. The lowest BCUT2D eigenvalue weighted by Crippen LogP contribution is -2.14. The lowest BCUT2D eigenvalue weighted by atomic mass is 10.0. The minimum absolute atomic E-state index is 0.00140. The van der Waals surface area contributed by atoms with Crippen molar-refractivity contribution in [2.45, 2.75) is 45.1 Å². The number of nitrogen functional groups attached to an aromatic ring is 1. The second-order valence-electron chi connectivity index (χ2n) is 6.16. The average molecular weight is 421 g/mol. The van der Waals surface area contributed by atoms with Gasteiger partial charge in [-0.15, -0.1) is 11.3 Å². The van der Waals surface area contributed by atoms with Crippen LogP contribution in [0.15, 0.2) is 53.7 Å². The molecule has 3 aromatic rings. The SMILES string of the molecule is [2H]c1c([2H])c([C@@]([2H])(O)CCCCc2c([2H])c([2H])c(NC(=O)C([2H])([2H])c3csc(N)n3)c([2H])c2[2H])c([2H])c([2H])c1C.